The number of rotatable bonds is 2. The Morgan fingerprint density at radius 1 is 1.33 bits per heavy atom. The standard InChI is InChI=1S/C14H21N3O/c1-14(2)8-7-12(9-14)17-13(18)16-11-5-3-10(15)4-6-11/h3-6,12H,7-9,15H2,1-2H3,(H2,16,17,18). The molecule has 1 aliphatic rings. The Labute approximate surface area is 108 Å². The van der Waals surface area contributed by atoms with E-state index < -0.39 is 0 Å². The molecule has 1 aromatic rings. The predicted molar refractivity (Wildman–Crippen MR) is 74.4 cm³/mol. The second-order valence-corrected chi connectivity index (χ2v) is 5.82. The van der Waals surface area contributed by atoms with E-state index in [9.17, 15) is 4.79 Å². The van der Waals surface area contributed by atoms with Crippen molar-refractivity contribution in [2.45, 2.75) is 39.2 Å². The molecular formula is C14H21N3O. The van der Waals surface area contributed by atoms with Crippen molar-refractivity contribution < 1.29 is 4.79 Å². The van der Waals surface area contributed by atoms with E-state index in [2.05, 4.69) is 24.5 Å². The fraction of sp³-hybridized carbons (Fsp3) is 0.500. The lowest BCUT2D eigenvalue weighted by Crippen LogP contribution is -2.36. The van der Waals surface area contributed by atoms with Gasteiger partial charge in [0.1, 0.15) is 0 Å². The number of hydrogen-bond donors (Lipinski definition) is 3. The van der Waals surface area contributed by atoms with Gasteiger partial charge in [-0.15, -0.1) is 0 Å². The Bertz CT molecular complexity index is 425. The van der Waals surface area contributed by atoms with Crippen molar-refractivity contribution in [3.8, 4) is 0 Å². The summed E-state index contributed by atoms with van der Waals surface area (Å²) in [4.78, 5) is 11.8. The molecule has 0 aliphatic heterocycles. The van der Waals surface area contributed by atoms with E-state index in [1.54, 1.807) is 24.3 Å². The highest BCUT2D eigenvalue weighted by molar-refractivity contribution is 5.89. The molecule has 2 amide bonds. The van der Waals surface area contributed by atoms with Crippen LogP contribution < -0.4 is 16.4 Å². The summed E-state index contributed by atoms with van der Waals surface area (Å²) < 4.78 is 0. The number of amides is 2. The lowest BCUT2D eigenvalue weighted by molar-refractivity contribution is 0.247. The minimum Gasteiger partial charge on any atom is -0.399 e. The maximum Gasteiger partial charge on any atom is 0.319 e. The van der Waals surface area contributed by atoms with Crippen molar-refractivity contribution in [2.75, 3.05) is 11.1 Å². The third kappa shape index (κ3) is 3.39. The van der Waals surface area contributed by atoms with Gasteiger partial charge in [-0.05, 0) is 48.9 Å². The summed E-state index contributed by atoms with van der Waals surface area (Å²) >= 11 is 0. The summed E-state index contributed by atoms with van der Waals surface area (Å²) in [5.41, 5.74) is 7.39. The molecule has 4 nitrogen and oxygen atoms in total. The van der Waals surface area contributed by atoms with Crippen LogP contribution in [0.15, 0.2) is 24.3 Å². The summed E-state index contributed by atoms with van der Waals surface area (Å²) in [6.45, 7) is 4.49. The molecule has 1 fully saturated rings. The SMILES string of the molecule is CC1(C)CCC(NC(=O)Nc2ccc(N)cc2)C1. The molecule has 18 heavy (non-hydrogen) atoms. The van der Waals surface area contributed by atoms with Gasteiger partial charge in [0.25, 0.3) is 0 Å². The van der Waals surface area contributed by atoms with Crippen molar-refractivity contribution in [3.63, 3.8) is 0 Å². The smallest absolute Gasteiger partial charge is 0.319 e. The van der Waals surface area contributed by atoms with E-state index in [4.69, 9.17) is 5.73 Å². The van der Waals surface area contributed by atoms with Gasteiger partial charge in [0, 0.05) is 17.4 Å². The Morgan fingerprint density at radius 3 is 2.56 bits per heavy atom. The van der Waals surface area contributed by atoms with Crippen LogP contribution in [0.1, 0.15) is 33.1 Å². The van der Waals surface area contributed by atoms with Crippen LogP contribution in [0.5, 0.6) is 0 Å². The van der Waals surface area contributed by atoms with Crippen molar-refractivity contribution >= 4 is 17.4 Å². The molecule has 0 aromatic heterocycles. The molecule has 98 valence electrons. The average Bonchev–Trinajstić information content (AvgIpc) is 2.61. The normalized spacial score (nSPS) is 21.6. The number of urea groups is 1. The molecule has 1 saturated carbocycles. The number of nitrogens with two attached hydrogens (primary N) is 1. The van der Waals surface area contributed by atoms with E-state index in [-0.39, 0.29) is 12.1 Å². The fourth-order valence-corrected chi connectivity index (χ4v) is 2.48. The highest BCUT2D eigenvalue weighted by Gasteiger charge is 2.31. The largest absolute Gasteiger partial charge is 0.399 e. The molecule has 4 heteroatoms. The van der Waals surface area contributed by atoms with Crippen LogP contribution in [0.25, 0.3) is 0 Å². The number of carbonyl (C=O) groups excluding carboxylic acids is 1. The van der Waals surface area contributed by atoms with E-state index in [1.165, 1.54) is 6.42 Å². The van der Waals surface area contributed by atoms with Gasteiger partial charge in [0.2, 0.25) is 0 Å². The second-order valence-electron chi connectivity index (χ2n) is 5.82. The molecule has 0 saturated heterocycles. The fourth-order valence-electron chi connectivity index (χ4n) is 2.48. The summed E-state index contributed by atoms with van der Waals surface area (Å²) in [6.07, 6.45) is 3.27. The van der Waals surface area contributed by atoms with E-state index in [0.717, 1.165) is 18.5 Å². The van der Waals surface area contributed by atoms with Crippen LogP contribution >= 0.6 is 0 Å². The first kappa shape index (κ1) is 12.7. The maximum absolute atomic E-state index is 11.8. The monoisotopic (exact) mass is 247 g/mol. The van der Waals surface area contributed by atoms with Crippen LogP contribution in [-0.4, -0.2) is 12.1 Å². The van der Waals surface area contributed by atoms with Gasteiger partial charge in [-0.25, -0.2) is 4.79 Å². The molecule has 1 aromatic carbocycles. The van der Waals surface area contributed by atoms with Crippen LogP contribution in [0.4, 0.5) is 16.2 Å². The van der Waals surface area contributed by atoms with Crippen molar-refractivity contribution in [3.05, 3.63) is 24.3 Å². The van der Waals surface area contributed by atoms with Crippen LogP contribution in [-0.2, 0) is 0 Å². The zero-order valence-corrected chi connectivity index (χ0v) is 11.0. The summed E-state index contributed by atoms with van der Waals surface area (Å²) in [5, 5.41) is 5.83. The number of carbonyl (C=O) groups is 1. The van der Waals surface area contributed by atoms with Gasteiger partial charge < -0.3 is 16.4 Å². The zero-order chi connectivity index (χ0) is 13.2. The lowest BCUT2D eigenvalue weighted by Gasteiger charge is -2.18. The third-order valence-electron chi connectivity index (χ3n) is 3.47. The van der Waals surface area contributed by atoms with Crippen molar-refractivity contribution in [1.82, 2.24) is 5.32 Å². The molecule has 0 radical (unpaired) electrons. The van der Waals surface area contributed by atoms with Gasteiger partial charge in [-0.1, -0.05) is 13.8 Å². The van der Waals surface area contributed by atoms with Crippen LogP contribution in [0.3, 0.4) is 0 Å². The Hall–Kier alpha value is -1.71. The molecule has 1 unspecified atom stereocenters. The quantitative estimate of drug-likeness (QED) is 0.703. The molecule has 0 heterocycles. The number of benzene rings is 1. The topological polar surface area (TPSA) is 67.2 Å². The van der Waals surface area contributed by atoms with Crippen LogP contribution in [0.2, 0.25) is 0 Å². The van der Waals surface area contributed by atoms with Gasteiger partial charge in [-0.2, -0.15) is 0 Å². The zero-order valence-electron chi connectivity index (χ0n) is 11.0. The van der Waals surface area contributed by atoms with Crippen molar-refractivity contribution in [1.29, 1.82) is 0 Å². The first-order chi connectivity index (χ1) is 8.44. The molecular weight excluding hydrogens is 226 g/mol. The number of nitrogen functional groups attached to an aromatic ring is 1. The van der Waals surface area contributed by atoms with Crippen molar-refractivity contribution in [2.24, 2.45) is 5.41 Å². The molecule has 1 aliphatic carbocycles. The van der Waals surface area contributed by atoms with E-state index in [1.807, 2.05) is 0 Å². The Kier molecular flexibility index (Phi) is 3.45. The van der Waals surface area contributed by atoms with E-state index >= 15 is 0 Å². The second kappa shape index (κ2) is 4.88. The van der Waals surface area contributed by atoms with Crippen LogP contribution in [0, 0.1) is 5.41 Å². The summed E-state index contributed by atoms with van der Waals surface area (Å²) in [5.74, 6) is 0. The van der Waals surface area contributed by atoms with Gasteiger partial charge in [-0.3, -0.25) is 0 Å². The highest BCUT2D eigenvalue weighted by Crippen LogP contribution is 2.36. The van der Waals surface area contributed by atoms with Gasteiger partial charge in [0.15, 0.2) is 0 Å². The van der Waals surface area contributed by atoms with E-state index in [0.29, 0.717) is 11.1 Å². The number of hydrogen-bond acceptors (Lipinski definition) is 2. The first-order valence-electron chi connectivity index (χ1n) is 6.38. The molecule has 0 bridgehead atoms. The maximum atomic E-state index is 11.8. The van der Waals surface area contributed by atoms with Gasteiger partial charge in [0.05, 0.1) is 0 Å². The summed E-state index contributed by atoms with van der Waals surface area (Å²) in [7, 11) is 0. The van der Waals surface area contributed by atoms with Gasteiger partial charge >= 0.3 is 6.03 Å². The highest BCUT2D eigenvalue weighted by atomic mass is 16.2. The minimum absolute atomic E-state index is 0.137. The molecule has 4 N–H and O–H groups in total. The lowest BCUT2D eigenvalue weighted by atomic mass is 9.92. The Balaban J connectivity index is 1.84. The summed E-state index contributed by atoms with van der Waals surface area (Å²) in [6, 6.07) is 7.29. The predicted octanol–water partition coefficient (Wildman–Crippen LogP) is 2.97. The Morgan fingerprint density at radius 2 is 2.00 bits per heavy atom. The third-order valence-corrected chi connectivity index (χ3v) is 3.47. The molecule has 2 rings (SSSR count). The number of nitrogens with one attached hydrogen (secondary N) is 2. The number of anilines is 2. The first-order valence-corrected chi connectivity index (χ1v) is 6.38. The molecule has 1 atom stereocenters. The molecule has 0 spiro atoms. The minimum atomic E-state index is -0.137. The average molecular weight is 247 g/mol.